The molecular weight excluding hydrogens is 270 g/mol. The van der Waals surface area contributed by atoms with E-state index in [1.54, 1.807) is 12.3 Å². The molecule has 6 heteroatoms. The fraction of sp³-hybridized carbons (Fsp3) is 0.467. The molecule has 0 aliphatic heterocycles. The minimum absolute atomic E-state index is 0.0348. The van der Waals surface area contributed by atoms with E-state index in [2.05, 4.69) is 10.5 Å². The summed E-state index contributed by atoms with van der Waals surface area (Å²) in [5.74, 6) is 1.41. The van der Waals surface area contributed by atoms with Gasteiger partial charge in [0, 0.05) is 12.3 Å². The summed E-state index contributed by atoms with van der Waals surface area (Å²) in [5, 5.41) is 14.9. The number of nitrogens with one attached hydrogen (secondary N) is 1. The molecule has 6 nitrogen and oxygen atoms in total. The first kappa shape index (κ1) is 13.7. The minimum atomic E-state index is -0.561. The molecule has 1 amide bonds. The molecule has 0 radical (unpaired) electrons. The van der Waals surface area contributed by atoms with Gasteiger partial charge in [0.05, 0.1) is 4.92 Å². The van der Waals surface area contributed by atoms with Crippen LogP contribution in [0, 0.1) is 27.9 Å². The molecular formula is C15H17N3O3. The lowest BCUT2D eigenvalue weighted by Gasteiger charge is -2.16. The van der Waals surface area contributed by atoms with Gasteiger partial charge < -0.3 is 0 Å². The van der Waals surface area contributed by atoms with Gasteiger partial charge in [0.2, 0.25) is 0 Å². The summed E-state index contributed by atoms with van der Waals surface area (Å²) < 4.78 is 0. The molecule has 0 heterocycles. The van der Waals surface area contributed by atoms with Crippen molar-refractivity contribution in [2.24, 2.45) is 22.9 Å². The van der Waals surface area contributed by atoms with Crippen molar-refractivity contribution in [3.05, 3.63) is 39.9 Å². The SMILES string of the molecule is O=C(NN=CC1CC2CCC1C2)c1ccccc1[N+](=O)[O-]. The number of rotatable bonds is 4. The highest BCUT2D eigenvalue weighted by Crippen LogP contribution is 2.47. The molecule has 1 aromatic rings. The van der Waals surface area contributed by atoms with Crippen LogP contribution in [0.15, 0.2) is 29.4 Å². The van der Waals surface area contributed by atoms with Crippen molar-refractivity contribution >= 4 is 17.8 Å². The molecule has 3 rings (SSSR count). The Labute approximate surface area is 122 Å². The normalized spacial score (nSPS) is 27.1. The molecule has 2 aliphatic carbocycles. The lowest BCUT2D eigenvalue weighted by Crippen LogP contribution is -2.21. The third-order valence-electron chi connectivity index (χ3n) is 4.57. The number of amides is 1. The van der Waals surface area contributed by atoms with Gasteiger partial charge >= 0.3 is 0 Å². The maximum Gasteiger partial charge on any atom is 0.282 e. The lowest BCUT2D eigenvalue weighted by atomic mass is 9.90. The van der Waals surface area contributed by atoms with Gasteiger partial charge in [-0.2, -0.15) is 5.10 Å². The van der Waals surface area contributed by atoms with Gasteiger partial charge in [0.25, 0.3) is 11.6 Å². The van der Waals surface area contributed by atoms with Gasteiger partial charge in [-0.3, -0.25) is 14.9 Å². The summed E-state index contributed by atoms with van der Waals surface area (Å²) >= 11 is 0. The number of para-hydroxylation sites is 1. The summed E-state index contributed by atoms with van der Waals surface area (Å²) in [5.41, 5.74) is 2.24. The summed E-state index contributed by atoms with van der Waals surface area (Å²) in [6.07, 6.45) is 6.79. The van der Waals surface area contributed by atoms with Crippen LogP contribution in [0.3, 0.4) is 0 Å². The second-order valence-corrected chi connectivity index (χ2v) is 5.83. The average Bonchev–Trinajstić information content (AvgIpc) is 3.09. The molecule has 3 atom stereocenters. The van der Waals surface area contributed by atoms with E-state index in [-0.39, 0.29) is 11.3 Å². The summed E-state index contributed by atoms with van der Waals surface area (Å²) in [6, 6.07) is 5.88. The first-order valence-corrected chi connectivity index (χ1v) is 7.22. The van der Waals surface area contributed by atoms with Crippen molar-refractivity contribution in [1.29, 1.82) is 0 Å². The Bertz CT molecular complexity index is 600. The van der Waals surface area contributed by atoms with Crippen LogP contribution >= 0.6 is 0 Å². The highest BCUT2D eigenvalue weighted by atomic mass is 16.6. The quantitative estimate of drug-likeness (QED) is 0.525. The Morgan fingerprint density at radius 2 is 2.14 bits per heavy atom. The van der Waals surface area contributed by atoms with Crippen LogP contribution in [-0.4, -0.2) is 17.0 Å². The number of hydrazone groups is 1. The molecule has 2 saturated carbocycles. The standard InChI is InChI=1S/C15H17N3O3/c19-15(13-3-1-2-4-14(13)18(20)21)17-16-9-12-8-10-5-6-11(12)7-10/h1-4,9-12H,5-8H2,(H,17,19). The van der Waals surface area contributed by atoms with Crippen molar-refractivity contribution in [2.75, 3.05) is 0 Å². The van der Waals surface area contributed by atoms with E-state index >= 15 is 0 Å². The van der Waals surface area contributed by atoms with Crippen LogP contribution in [-0.2, 0) is 0 Å². The number of fused-ring (bicyclic) bond motifs is 2. The van der Waals surface area contributed by atoms with E-state index in [4.69, 9.17) is 0 Å². The molecule has 0 spiro atoms. The molecule has 1 N–H and O–H groups in total. The fourth-order valence-corrected chi connectivity index (χ4v) is 3.55. The Morgan fingerprint density at radius 1 is 1.33 bits per heavy atom. The Morgan fingerprint density at radius 3 is 2.81 bits per heavy atom. The Hall–Kier alpha value is -2.24. The van der Waals surface area contributed by atoms with Crippen LogP contribution in [0.25, 0.3) is 0 Å². The van der Waals surface area contributed by atoms with Crippen molar-refractivity contribution in [3.8, 4) is 0 Å². The van der Waals surface area contributed by atoms with Gasteiger partial charge in [0.1, 0.15) is 5.56 Å². The topological polar surface area (TPSA) is 84.6 Å². The van der Waals surface area contributed by atoms with E-state index in [1.807, 2.05) is 0 Å². The number of nitrogens with zero attached hydrogens (tertiary/aromatic N) is 2. The molecule has 2 bridgehead atoms. The van der Waals surface area contributed by atoms with E-state index in [0.717, 1.165) is 12.3 Å². The van der Waals surface area contributed by atoms with Gasteiger partial charge in [-0.05, 0) is 43.1 Å². The lowest BCUT2D eigenvalue weighted by molar-refractivity contribution is -0.385. The third kappa shape index (κ3) is 2.79. The predicted octanol–water partition coefficient (Wildman–Crippen LogP) is 2.75. The number of hydrogen-bond donors (Lipinski definition) is 1. The number of nitro groups is 1. The van der Waals surface area contributed by atoms with E-state index in [0.29, 0.717) is 11.8 Å². The minimum Gasteiger partial charge on any atom is -0.267 e. The highest BCUT2D eigenvalue weighted by Gasteiger charge is 2.38. The number of carbonyl (C=O) groups is 1. The summed E-state index contributed by atoms with van der Waals surface area (Å²) in [7, 11) is 0. The van der Waals surface area contributed by atoms with Crippen LogP contribution < -0.4 is 5.43 Å². The van der Waals surface area contributed by atoms with Gasteiger partial charge in [-0.25, -0.2) is 5.43 Å². The monoisotopic (exact) mass is 287 g/mol. The first-order chi connectivity index (χ1) is 10.1. The van der Waals surface area contributed by atoms with Crippen molar-refractivity contribution in [1.82, 2.24) is 5.43 Å². The van der Waals surface area contributed by atoms with Gasteiger partial charge in [-0.1, -0.05) is 18.6 Å². The molecule has 2 aliphatic rings. The number of carbonyl (C=O) groups excluding carboxylic acids is 1. The van der Waals surface area contributed by atoms with Crippen LogP contribution in [0.1, 0.15) is 36.0 Å². The van der Waals surface area contributed by atoms with Gasteiger partial charge in [-0.15, -0.1) is 0 Å². The molecule has 2 fully saturated rings. The molecule has 3 unspecified atom stereocenters. The van der Waals surface area contributed by atoms with E-state index in [1.165, 1.54) is 37.5 Å². The van der Waals surface area contributed by atoms with E-state index in [9.17, 15) is 14.9 Å². The van der Waals surface area contributed by atoms with E-state index < -0.39 is 10.8 Å². The molecule has 21 heavy (non-hydrogen) atoms. The van der Waals surface area contributed by atoms with Crippen molar-refractivity contribution in [3.63, 3.8) is 0 Å². The van der Waals surface area contributed by atoms with Crippen molar-refractivity contribution < 1.29 is 9.72 Å². The van der Waals surface area contributed by atoms with Crippen LogP contribution in [0.2, 0.25) is 0 Å². The van der Waals surface area contributed by atoms with Gasteiger partial charge in [0.15, 0.2) is 0 Å². The maximum atomic E-state index is 12.0. The molecule has 0 saturated heterocycles. The zero-order chi connectivity index (χ0) is 14.8. The number of hydrogen-bond acceptors (Lipinski definition) is 4. The second-order valence-electron chi connectivity index (χ2n) is 5.83. The van der Waals surface area contributed by atoms with Crippen LogP contribution in [0.4, 0.5) is 5.69 Å². The average molecular weight is 287 g/mol. The zero-order valence-corrected chi connectivity index (χ0v) is 11.6. The summed E-state index contributed by atoms with van der Waals surface area (Å²) in [4.78, 5) is 22.3. The maximum absolute atomic E-state index is 12.0. The molecule has 0 aromatic heterocycles. The molecule has 110 valence electrons. The zero-order valence-electron chi connectivity index (χ0n) is 11.6. The Balaban J connectivity index is 1.63. The van der Waals surface area contributed by atoms with Crippen LogP contribution in [0.5, 0.6) is 0 Å². The number of nitro benzene ring substituents is 1. The first-order valence-electron chi connectivity index (χ1n) is 7.22. The Kier molecular flexibility index (Phi) is 3.68. The largest absolute Gasteiger partial charge is 0.282 e. The second kappa shape index (κ2) is 5.63. The number of benzene rings is 1. The fourth-order valence-electron chi connectivity index (χ4n) is 3.55. The smallest absolute Gasteiger partial charge is 0.267 e. The summed E-state index contributed by atoms with van der Waals surface area (Å²) in [6.45, 7) is 0. The third-order valence-corrected chi connectivity index (χ3v) is 4.57. The molecule has 1 aromatic carbocycles. The van der Waals surface area contributed by atoms with Crippen molar-refractivity contribution in [2.45, 2.75) is 25.7 Å². The highest BCUT2D eigenvalue weighted by molar-refractivity contribution is 5.98. The predicted molar refractivity (Wildman–Crippen MR) is 78.0 cm³/mol.